The van der Waals surface area contributed by atoms with E-state index < -0.39 is 0 Å². The average Bonchev–Trinajstić information content (AvgIpc) is 2.72. The van der Waals surface area contributed by atoms with Gasteiger partial charge in [0.05, 0.1) is 5.69 Å². The van der Waals surface area contributed by atoms with Crippen molar-refractivity contribution in [3.05, 3.63) is 41.1 Å². The van der Waals surface area contributed by atoms with E-state index in [-0.39, 0.29) is 11.7 Å². The average molecular weight is 245 g/mol. The van der Waals surface area contributed by atoms with Crippen molar-refractivity contribution in [1.29, 1.82) is 0 Å². The van der Waals surface area contributed by atoms with Crippen LogP contribution in [0.2, 0.25) is 0 Å². The highest BCUT2D eigenvalue weighted by atomic mass is 16.3. The second kappa shape index (κ2) is 4.52. The Morgan fingerprint density at radius 3 is 2.61 bits per heavy atom. The molecule has 5 heteroatoms. The van der Waals surface area contributed by atoms with Gasteiger partial charge in [-0.25, -0.2) is 4.98 Å². The fourth-order valence-electron chi connectivity index (χ4n) is 1.70. The highest BCUT2D eigenvalue weighted by molar-refractivity contribution is 6.03. The van der Waals surface area contributed by atoms with E-state index in [1.54, 1.807) is 13.0 Å². The molecular weight excluding hydrogens is 230 g/mol. The number of nitrogens with two attached hydrogens (primary N) is 1. The molecule has 0 spiro atoms. The van der Waals surface area contributed by atoms with Gasteiger partial charge in [-0.1, -0.05) is 6.07 Å². The SMILES string of the molecule is Cc1cc(C)c(NC(=O)c2ocnc2C)cc1N. The van der Waals surface area contributed by atoms with Crippen LogP contribution in [-0.2, 0) is 0 Å². The number of oxazole rings is 1. The number of nitrogen functional groups attached to an aromatic ring is 1. The summed E-state index contributed by atoms with van der Waals surface area (Å²) < 4.78 is 5.04. The molecule has 1 aromatic heterocycles. The Balaban J connectivity index is 2.28. The highest BCUT2D eigenvalue weighted by Gasteiger charge is 2.15. The molecule has 0 bridgehead atoms. The summed E-state index contributed by atoms with van der Waals surface area (Å²) in [5.74, 6) is -0.107. The van der Waals surface area contributed by atoms with E-state index in [1.807, 2.05) is 19.9 Å². The third-order valence-electron chi connectivity index (χ3n) is 2.81. The molecule has 0 unspecified atom stereocenters. The number of carbonyl (C=O) groups is 1. The summed E-state index contributed by atoms with van der Waals surface area (Å²) in [6, 6.07) is 3.67. The van der Waals surface area contributed by atoms with E-state index >= 15 is 0 Å². The van der Waals surface area contributed by atoms with Crippen molar-refractivity contribution in [3.8, 4) is 0 Å². The zero-order valence-corrected chi connectivity index (χ0v) is 10.6. The van der Waals surface area contributed by atoms with Crippen LogP contribution in [-0.4, -0.2) is 10.9 Å². The van der Waals surface area contributed by atoms with Gasteiger partial charge in [0.2, 0.25) is 5.76 Å². The van der Waals surface area contributed by atoms with Crippen molar-refractivity contribution in [2.75, 3.05) is 11.1 Å². The summed E-state index contributed by atoms with van der Waals surface area (Å²) in [4.78, 5) is 15.8. The van der Waals surface area contributed by atoms with Crippen molar-refractivity contribution < 1.29 is 9.21 Å². The second-order valence-corrected chi connectivity index (χ2v) is 4.24. The van der Waals surface area contributed by atoms with Gasteiger partial charge in [0.25, 0.3) is 5.91 Å². The van der Waals surface area contributed by atoms with Gasteiger partial charge in [-0.3, -0.25) is 4.79 Å². The van der Waals surface area contributed by atoms with E-state index in [2.05, 4.69) is 10.3 Å². The Bertz CT molecular complexity index is 602. The maximum absolute atomic E-state index is 12.0. The molecular formula is C13H15N3O2. The molecule has 0 radical (unpaired) electrons. The molecule has 94 valence electrons. The topological polar surface area (TPSA) is 81.2 Å². The van der Waals surface area contributed by atoms with Gasteiger partial charge in [0, 0.05) is 11.4 Å². The molecule has 18 heavy (non-hydrogen) atoms. The summed E-state index contributed by atoms with van der Waals surface area (Å²) in [5, 5.41) is 2.77. The summed E-state index contributed by atoms with van der Waals surface area (Å²) in [6.45, 7) is 5.55. The Morgan fingerprint density at radius 2 is 2.00 bits per heavy atom. The second-order valence-electron chi connectivity index (χ2n) is 4.24. The Kier molecular flexibility index (Phi) is 3.06. The lowest BCUT2D eigenvalue weighted by atomic mass is 10.1. The lowest BCUT2D eigenvalue weighted by molar-refractivity contribution is 0.0996. The summed E-state index contributed by atoms with van der Waals surface area (Å²) >= 11 is 0. The lowest BCUT2D eigenvalue weighted by Crippen LogP contribution is -2.13. The smallest absolute Gasteiger partial charge is 0.293 e. The zero-order valence-electron chi connectivity index (χ0n) is 10.6. The standard InChI is InChI=1S/C13H15N3O2/c1-7-4-8(2)11(5-10(7)14)16-13(17)12-9(3)15-6-18-12/h4-6H,14H2,1-3H3,(H,16,17). The van der Waals surface area contributed by atoms with Crippen LogP contribution in [0.5, 0.6) is 0 Å². The number of aromatic nitrogens is 1. The van der Waals surface area contributed by atoms with Crippen molar-refractivity contribution in [1.82, 2.24) is 4.98 Å². The number of nitrogens with one attached hydrogen (secondary N) is 1. The number of hydrogen-bond donors (Lipinski definition) is 2. The Labute approximate surface area is 105 Å². The largest absolute Gasteiger partial charge is 0.438 e. The van der Waals surface area contributed by atoms with Gasteiger partial charge in [-0.2, -0.15) is 0 Å². The first-order chi connectivity index (χ1) is 8.49. The minimum Gasteiger partial charge on any atom is -0.438 e. The van der Waals surface area contributed by atoms with Gasteiger partial charge < -0.3 is 15.5 Å². The number of amides is 1. The van der Waals surface area contributed by atoms with Crippen LogP contribution >= 0.6 is 0 Å². The van der Waals surface area contributed by atoms with Gasteiger partial charge in [-0.05, 0) is 38.0 Å². The summed E-state index contributed by atoms with van der Waals surface area (Å²) in [6.07, 6.45) is 1.25. The Morgan fingerprint density at radius 1 is 1.28 bits per heavy atom. The predicted octanol–water partition coefficient (Wildman–Crippen LogP) is 2.43. The van der Waals surface area contributed by atoms with Gasteiger partial charge in [-0.15, -0.1) is 0 Å². The molecule has 0 aliphatic rings. The molecule has 0 atom stereocenters. The number of nitrogens with zero attached hydrogens (tertiary/aromatic N) is 1. The molecule has 0 fully saturated rings. The third-order valence-corrected chi connectivity index (χ3v) is 2.81. The molecule has 2 rings (SSSR count). The molecule has 3 N–H and O–H groups in total. The van der Waals surface area contributed by atoms with Crippen LogP contribution in [0.4, 0.5) is 11.4 Å². The minimum absolute atomic E-state index is 0.216. The minimum atomic E-state index is -0.323. The van der Waals surface area contributed by atoms with Gasteiger partial charge >= 0.3 is 0 Å². The van der Waals surface area contributed by atoms with Crippen molar-refractivity contribution >= 4 is 17.3 Å². The number of rotatable bonds is 2. The van der Waals surface area contributed by atoms with E-state index in [0.717, 1.165) is 11.1 Å². The predicted molar refractivity (Wildman–Crippen MR) is 69.5 cm³/mol. The molecule has 0 saturated carbocycles. The van der Waals surface area contributed by atoms with Crippen LogP contribution in [0.1, 0.15) is 27.4 Å². The van der Waals surface area contributed by atoms with Gasteiger partial charge in [0.15, 0.2) is 6.39 Å². The van der Waals surface area contributed by atoms with Crippen LogP contribution in [0, 0.1) is 20.8 Å². The normalized spacial score (nSPS) is 10.4. The molecule has 1 amide bonds. The van der Waals surface area contributed by atoms with E-state index in [0.29, 0.717) is 17.1 Å². The lowest BCUT2D eigenvalue weighted by Gasteiger charge is -2.10. The number of aryl methyl sites for hydroxylation is 3. The molecule has 1 aromatic carbocycles. The van der Waals surface area contributed by atoms with E-state index in [9.17, 15) is 4.79 Å². The molecule has 2 aromatic rings. The maximum atomic E-state index is 12.0. The molecule has 0 aliphatic carbocycles. The number of hydrogen-bond acceptors (Lipinski definition) is 4. The fourth-order valence-corrected chi connectivity index (χ4v) is 1.70. The van der Waals surface area contributed by atoms with Crippen LogP contribution in [0.25, 0.3) is 0 Å². The number of carbonyl (C=O) groups excluding carboxylic acids is 1. The first-order valence-corrected chi connectivity index (χ1v) is 5.57. The van der Waals surface area contributed by atoms with E-state index in [1.165, 1.54) is 6.39 Å². The van der Waals surface area contributed by atoms with Crippen molar-refractivity contribution in [2.45, 2.75) is 20.8 Å². The summed E-state index contributed by atoms with van der Waals surface area (Å²) in [5.41, 5.74) is 9.65. The molecule has 0 aliphatic heterocycles. The monoisotopic (exact) mass is 245 g/mol. The highest BCUT2D eigenvalue weighted by Crippen LogP contribution is 2.23. The zero-order chi connectivity index (χ0) is 13.3. The van der Waals surface area contributed by atoms with Crippen molar-refractivity contribution in [3.63, 3.8) is 0 Å². The molecule has 0 saturated heterocycles. The summed E-state index contributed by atoms with van der Waals surface area (Å²) in [7, 11) is 0. The Hall–Kier alpha value is -2.30. The van der Waals surface area contributed by atoms with Gasteiger partial charge in [0.1, 0.15) is 0 Å². The first kappa shape index (κ1) is 12.2. The van der Waals surface area contributed by atoms with Crippen LogP contribution in [0.15, 0.2) is 22.9 Å². The van der Waals surface area contributed by atoms with Crippen LogP contribution in [0.3, 0.4) is 0 Å². The number of benzene rings is 1. The maximum Gasteiger partial charge on any atom is 0.293 e. The van der Waals surface area contributed by atoms with E-state index in [4.69, 9.17) is 10.2 Å². The number of anilines is 2. The van der Waals surface area contributed by atoms with Crippen molar-refractivity contribution in [2.24, 2.45) is 0 Å². The molecule has 5 nitrogen and oxygen atoms in total. The quantitative estimate of drug-likeness (QED) is 0.796. The third kappa shape index (κ3) is 2.20. The van der Waals surface area contributed by atoms with Crippen LogP contribution < -0.4 is 11.1 Å². The fraction of sp³-hybridized carbons (Fsp3) is 0.231. The first-order valence-electron chi connectivity index (χ1n) is 5.57. The molecule has 1 heterocycles.